The van der Waals surface area contributed by atoms with E-state index in [9.17, 15) is 9.59 Å². The Hall–Kier alpha value is -2.51. The van der Waals surface area contributed by atoms with E-state index in [1.165, 1.54) is 4.68 Å². The number of hydrogen-bond acceptors (Lipinski definition) is 4. The molecule has 0 bridgehead atoms. The van der Waals surface area contributed by atoms with Gasteiger partial charge < -0.3 is 5.32 Å². The number of halogens is 1. The van der Waals surface area contributed by atoms with Gasteiger partial charge in [0.25, 0.3) is 5.56 Å². The number of thiophene rings is 1. The van der Waals surface area contributed by atoms with Crippen molar-refractivity contribution < 1.29 is 4.79 Å². The van der Waals surface area contributed by atoms with Crippen LogP contribution in [0, 0.1) is 6.92 Å². The molecule has 0 spiro atoms. The minimum atomic E-state index is -0.656. The lowest BCUT2D eigenvalue weighted by molar-refractivity contribution is -0.125. The lowest BCUT2D eigenvalue weighted by atomic mass is 10.1. The van der Waals surface area contributed by atoms with Crippen molar-refractivity contribution in [2.75, 3.05) is 0 Å². The van der Waals surface area contributed by atoms with E-state index in [1.54, 1.807) is 11.3 Å². The highest BCUT2D eigenvalue weighted by molar-refractivity contribution is 9.10. The molecule has 4 aromatic rings. The van der Waals surface area contributed by atoms with Gasteiger partial charge in [-0.1, -0.05) is 53.2 Å². The van der Waals surface area contributed by atoms with Gasteiger partial charge in [-0.3, -0.25) is 9.59 Å². The molecule has 0 aliphatic heterocycles. The monoisotopic (exact) mass is 469 g/mol. The van der Waals surface area contributed by atoms with Gasteiger partial charge in [-0.15, -0.1) is 11.3 Å². The topological polar surface area (TPSA) is 64.0 Å². The first kappa shape index (κ1) is 19.8. The van der Waals surface area contributed by atoms with E-state index in [4.69, 9.17) is 0 Å². The molecule has 4 rings (SSSR count). The summed E-state index contributed by atoms with van der Waals surface area (Å²) >= 11 is 5.00. The van der Waals surface area contributed by atoms with Gasteiger partial charge in [0.2, 0.25) is 5.91 Å². The lowest BCUT2D eigenvalue weighted by Gasteiger charge is -2.17. The van der Waals surface area contributed by atoms with Crippen LogP contribution in [0.15, 0.2) is 57.8 Å². The van der Waals surface area contributed by atoms with Crippen LogP contribution in [-0.4, -0.2) is 15.7 Å². The average molecular weight is 470 g/mol. The molecule has 0 radical (unpaired) electrons. The molecule has 0 aliphatic carbocycles. The van der Waals surface area contributed by atoms with Gasteiger partial charge >= 0.3 is 0 Å². The van der Waals surface area contributed by atoms with Crippen LogP contribution >= 0.6 is 27.3 Å². The Bertz CT molecular complexity index is 1280. The van der Waals surface area contributed by atoms with Crippen LogP contribution in [0.25, 0.3) is 20.2 Å². The summed E-state index contributed by atoms with van der Waals surface area (Å²) in [5, 5.41) is 9.02. The van der Waals surface area contributed by atoms with E-state index in [2.05, 4.69) is 26.3 Å². The maximum atomic E-state index is 13.3. The number of aryl methyl sites for hydroxylation is 1. The van der Waals surface area contributed by atoms with Crippen LogP contribution in [0.2, 0.25) is 0 Å². The first-order valence-corrected chi connectivity index (χ1v) is 11.0. The SMILES string of the molecule is CCC(C(=O)NCc1cccc(Br)c1)n1nc(C)c2sc3ccccc3c2c1=O. The van der Waals surface area contributed by atoms with Crippen LogP contribution < -0.4 is 10.9 Å². The zero-order chi connectivity index (χ0) is 20.5. The number of hydrogen-bond donors (Lipinski definition) is 1. The van der Waals surface area contributed by atoms with Crippen LogP contribution in [0.1, 0.15) is 30.6 Å². The van der Waals surface area contributed by atoms with Crippen molar-refractivity contribution in [3.05, 3.63) is 74.6 Å². The molecule has 5 nitrogen and oxygen atoms in total. The number of amides is 1. The van der Waals surface area contributed by atoms with Crippen molar-refractivity contribution >= 4 is 53.3 Å². The summed E-state index contributed by atoms with van der Waals surface area (Å²) in [6, 6.07) is 15.0. The Morgan fingerprint density at radius 1 is 1.24 bits per heavy atom. The van der Waals surface area contributed by atoms with Gasteiger partial charge in [-0.25, -0.2) is 4.68 Å². The van der Waals surface area contributed by atoms with Gasteiger partial charge in [-0.2, -0.15) is 5.10 Å². The van der Waals surface area contributed by atoms with E-state index in [0.717, 1.165) is 30.5 Å². The Kier molecular flexibility index (Phi) is 5.52. The van der Waals surface area contributed by atoms with Gasteiger partial charge in [0.15, 0.2) is 0 Å². The molecule has 1 amide bonds. The molecular formula is C22H20BrN3O2S. The van der Waals surface area contributed by atoms with Crippen molar-refractivity contribution in [3.8, 4) is 0 Å². The lowest BCUT2D eigenvalue weighted by Crippen LogP contribution is -2.38. The number of rotatable bonds is 5. The maximum Gasteiger partial charge on any atom is 0.276 e. The smallest absolute Gasteiger partial charge is 0.276 e. The van der Waals surface area contributed by atoms with Gasteiger partial charge in [0.05, 0.1) is 15.8 Å². The van der Waals surface area contributed by atoms with Crippen LogP contribution in [-0.2, 0) is 11.3 Å². The predicted molar refractivity (Wildman–Crippen MR) is 121 cm³/mol. The van der Waals surface area contributed by atoms with Gasteiger partial charge in [0, 0.05) is 21.1 Å². The normalized spacial score (nSPS) is 12.4. The van der Waals surface area contributed by atoms with E-state index in [0.29, 0.717) is 18.4 Å². The third kappa shape index (κ3) is 3.72. The molecule has 148 valence electrons. The fourth-order valence-electron chi connectivity index (χ4n) is 3.51. The quantitative estimate of drug-likeness (QED) is 0.449. The standard InChI is InChI=1S/C22H20BrN3O2S/c1-3-17(21(27)24-12-14-7-6-8-15(23)11-14)26-22(28)19-16-9-4-5-10-18(16)29-20(19)13(2)25-26/h4-11,17H,3,12H2,1-2H3,(H,24,27). The van der Waals surface area contributed by atoms with Gasteiger partial charge in [0.1, 0.15) is 6.04 Å². The number of nitrogens with one attached hydrogen (secondary N) is 1. The second-order valence-corrected chi connectivity index (χ2v) is 8.88. The summed E-state index contributed by atoms with van der Waals surface area (Å²) in [6.45, 7) is 4.18. The molecule has 1 N–H and O–H groups in total. The van der Waals surface area contributed by atoms with E-state index < -0.39 is 6.04 Å². The number of aromatic nitrogens is 2. The highest BCUT2D eigenvalue weighted by Crippen LogP contribution is 2.33. The molecule has 7 heteroatoms. The Morgan fingerprint density at radius 3 is 2.79 bits per heavy atom. The zero-order valence-corrected chi connectivity index (χ0v) is 18.5. The van der Waals surface area contributed by atoms with E-state index in [1.807, 2.05) is 62.4 Å². The molecule has 1 unspecified atom stereocenters. The second kappa shape index (κ2) is 8.08. The first-order valence-electron chi connectivity index (χ1n) is 9.42. The third-order valence-corrected chi connectivity index (χ3v) is 6.72. The average Bonchev–Trinajstić information content (AvgIpc) is 3.11. The van der Waals surface area contributed by atoms with E-state index >= 15 is 0 Å². The number of benzene rings is 2. The third-order valence-electron chi connectivity index (χ3n) is 4.94. The van der Waals surface area contributed by atoms with Crippen molar-refractivity contribution in [1.29, 1.82) is 0 Å². The minimum Gasteiger partial charge on any atom is -0.350 e. The summed E-state index contributed by atoms with van der Waals surface area (Å²) in [4.78, 5) is 26.2. The Balaban J connectivity index is 1.71. The largest absolute Gasteiger partial charge is 0.350 e. The van der Waals surface area contributed by atoms with Crippen molar-refractivity contribution in [2.45, 2.75) is 32.9 Å². The molecule has 0 saturated carbocycles. The second-order valence-electron chi connectivity index (χ2n) is 6.91. The number of carbonyl (C=O) groups is 1. The van der Waals surface area contributed by atoms with Crippen molar-refractivity contribution in [2.24, 2.45) is 0 Å². The summed E-state index contributed by atoms with van der Waals surface area (Å²) in [5.74, 6) is -0.208. The highest BCUT2D eigenvalue weighted by atomic mass is 79.9. The van der Waals surface area contributed by atoms with Crippen LogP contribution in [0.3, 0.4) is 0 Å². The Morgan fingerprint density at radius 2 is 2.03 bits per heavy atom. The van der Waals surface area contributed by atoms with Crippen molar-refractivity contribution in [1.82, 2.24) is 15.1 Å². The Labute approximate surface area is 180 Å². The number of fused-ring (bicyclic) bond motifs is 3. The molecule has 2 aromatic heterocycles. The molecule has 0 aliphatic rings. The van der Waals surface area contributed by atoms with Gasteiger partial charge in [-0.05, 0) is 37.1 Å². The van der Waals surface area contributed by atoms with Crippen molar-refractivity contribution in [3.63, 3.8) is 0 Å². The summed E-state index contributed by atoms with van der Waals surface area (Å²) in [6.07, 6.45) is 0.476. The fourth-order valence-corrected chi connectivity index (χ4v) is 5.10. The molecule has 0 saturated heterocycles. The summed E-state index contributed by atoms with van der Waals surface area (Å²) in [7, 11) is 0. The first-order chi connectivity index (χ1) is 14.0. The van der Waals surface area contributed by atoms with Crippen LogP contribution in [0.5, 0.6) is 0 Å². The predicted octanol–water partition coefficient (Wildman–Crippen LogP) is 4.95. The zero-order valence-electron chi connectivity index (χ0n) is 16.1. The minimum absolute atomic E-state index is 0.208. The summed E-state index contributed by atoms with van der Waals surface area (Å²) < 4.78 is 4.25. The molecule has 2 aromatic carbocycles. The molecular weight excluding hydrogens is 450 g/mol. The number of carbonyl (C=O) groups excluding carboxylic acids is 1. The maximum absolute atomic E-state index is 13.3. The molecule has 1 atom stereocenters. The highest BCUT2D eigenvalue weighted by Gasteiger charge is 2.24. The number of nitrogens with zero attached hydrogens (tertiary/aromatic N) is 2. The fraction of sp³-hybridized carbons (Fsp3) is 0.227. The van der Waals surface area contributed by atoms with E-state index in [-0.39, 0.29) is 11.5 Å². The molecule has 2 heterocycles. The van der Waals surface area contributed by atoms with Crippen LogP contribution in [0.4, 0.5) is 0 Å². The molecule has 29 heavy (non-hydrogen) atoms. The summed E-state index contributed by atoms with van der Waals surface area (Å²) in [5.41, 5.74) is 1.53. The molecule has 0 fully saturated rings.